The lowest BCUT2D eigenvalue weighted by Gasteiger charge is -2.11. The summed E-state index contributed by atoms with van der Waals surface area (Å²) in [6, 6.07) is 21.9. The SMILES string of the molecule is Cc1nc2c3ccccc3c3cc(-c4ccc5c(c4)c4cnncc4c4nc(C)[nH]c54)ccc3c2[nH]1. The molecular formula is C30H20N6. The normalized spacial score (nSPS) is 12.2. The summed E-state index contributed by atoms with van der Waals surface area (Å²) in [5.41, 5.74) is 6.42. The Bertz CT molecular complexity index is 2030. The highest BCUT2D eigenvalue weighted by Crippen LogP contribution is 2.38. The first-order valence-electron chi connectivity index (χ1n) is 12.0. The quantitative estimate of drug-likeness (QED) is 0.253. The molecule has 0 aliphatic rings. The van der Waals surface area contributed by atoms with Crippen molar-refractivity contribution in [1.29, 1.82) is 0 Å². The van der Waals surface area contributed by atoms with Crippen molar-refractivity contribution >= 4 is 65.2 Å². The highest BCUT2D eigenvalue weighted by molar-refractivity contribution is 6.25. The Morgan fingerprint density at radius 2 is 1.03 bits per heavy atom. The third kappa shape index (κ3) is 2.55. The van der Waals surface area contributed by atoms with Crippen LogP contribution in [0.15, 0.2) is 73.1 Å². The van der Waals surface area contributed by atoms with Crippen molar-refractivity contribution < 1.29 is 0 Å². The molecule has 8 aromatic rings. The van der Waals surface area contributed by atoms with Gasteiger partial charge in [0, 0.05) is 26.9 Å². The average molecular weight is 465 g/mol. The van der Waals surface area contributed by atoms with Crippen molar-refractivity contribution in [2.75, 3.05) is 0 Å². The number of fused-ring (bicyclic) bond motifs is 12. The summed E-state index contributed by atoms with van der Waals surface area (Å²) in [6.45, 7) is 4.00. The number of hydrogen-bond acceptors (Lipinski definition) is 4. The van der Waals surface area contributed by atoms with E-state index >= 15 is 0 Å². The van der Waals surface area contributed by atoms with Crippen LogP contribution in [0.2, 0.25) is 0 Å². The van der Waals surface area contributed by atoms with Gasteiger partial charge in [-0.25, -0.2) is 9.97 Å². The minimum atomic E-state index is 0.890. The van der Waals surface area contributed by atoms with Crippen LogP contribution in [0.25, 0.3) is 76.3 Å². The van der Waals surface area contributed by atoms with Crippen LogP contribution >= 0.6 is 0 Å². The minimum Gasteiger partial charge on any atom is -0.342 e. The van der Waals surface area contributed by atoms with Gasteiger partial charge in [-0.05, 0) is 53.3 Å². The van der Waals surface area contributed by atoms with Crippen LogP contribution < -0.4 is 0 Å². The molecule has 3 heterocycles. The van der Waals surface area contributed by atoms with Crippen LogP contribution in [0, 0.1) is 13.8 Å². The van der Waals surface area contributed by atoms with Gasteiger partial charge in [-0.1, -0.05) is 48.5 Å². The van der Waals surface area contributed by atoms with E-state index in [0.29, 0.717) is 0 Å². The smallest absolute Gasteiger partial charge is 0.104 e. The fraction of sp³-hybridized carbons (Fsp3) is 0.0667. The highest BCUT2D eigenvalue weighted by Gasteiger charge is 2.15. The molecule has 0 amide bonds. The molecule has 3 aromatic heterocycles. The molecule has 5 aromatic carbocycles. The lowest BCUT2D eigenvalue weighted by atomic mass is 9.94. The van der Waals surface area contributed by atoms with Gasteiger partial charge in [0.15, 0.2) is 0 Å². The number of rotatable bonds is 1. The van der Waals surface area contributed by atoms with Crippen LogP contribution in [0.5, 0.6) is 0 Å². The summed E-state index contributed by atoms with van der Waals surface area (Å²) >= 11 is 0. The van der Waals surface area contributed by atoms with Crippen molar-refractivity contribution in [1.82, 2.24) is 30.1 Å². The first-order valence-corrected chi connectivity index (χ1v) is 12.0. The third-order valence-electron chi connectivity index (χ3n) is 7.30. The molecule has 0 atom stereocenters. The first kappa shape index (κ1) is 19.5. The number of benzene rings is 5. The second-order valence-electron chi connectivity index (χ2n) is 9.47. The molecule has 2 N–H and O–H groups in total. The van der Waals surface area contributed by atoms with Crippen LogP contribution in [0.1, 0.15) is 11.6 Å². The van der Waals surface area contributed by atoms with Crippen LogP contribution in [0.3, 0.4) is 0 Å². The number of H-pyrrole nitrogens is 2. The van der Waals surface area contributed by atoms with Crippen molar-refractivity contribution in [3.8, 4) is 11.1 Å². The van der Waals surface area contributed by atoms with E-state index in [1.807, 2.05) is 26.2 Å². The molecule has 0 saturated carbocycles. The largest absolute Gasteiger partial charge is 0.342 e. The molecular weight excluding hydrogens is 444 g/mol. The average Bonchev–Trinajstić information content (AvgIpc) is 3.51. The van der Waals surface area contributed by atoms with Gasteiger partial charge in [-0.15, -0.1) is 0 Å². The van der Waals surface area contributed by atoms with Crippen LogP contribution in [-0.4, -0.2) is 30.1 Å². The Labute approximate surface area is 205 Å². The Morgan fingerprint density at radius 3 is 1.67 bits per heavy atom. The standard InChI is InChI=1S/C30H20N6/c1-15-33-27-20-6-4-3-5-19(20)23-11-17(7-9-21(23)28(27)34-15)18-8-10-22-24(12-18)25-13-31-32-14-26(25)30-29(22)35-16(2)36-30/h3-14H,1-2H3,(H,33,34)(H,35,36). The van der Waals surface area contributed by atoms with E-state index in [4.69, 9.17) is 9.97 Å². The molecule has 0 unspecified atom stereocenters. The summed E-state index contributed by atoms with van der Waals surface area (Å²) in [7, 11) is 0. The lowest BCUT2D eigenvalue weighted by Crippen LogP contribution is -1.88. The zero-order valence-corrected chi connectivity index (χ0v) is 19.7. The van der Waals surface area contributed by atoms with Gasteiger partial charge in [0.05, 0.1) is 34.5 Å². The van der Waals surface area contributed by atoms with Crippen molar-refractivity contribution in [3.05, 3.63) is 84.7 Å². The summed E-state index contributed by atoms with van der Waals surface area (Å²) < 4.78 is 0. The van der Waals surface area contributed by atoms with Gasteiger partial charge in [0.2, 0.25) is 0 Å². The molecule has 36 heavy (non-hydrogen) atoms. The first-order chi connectivity index (χ1) is 17.7. The Hall–Kier alpha value is -4.84. The van der Waals surface area contributed by atoms with E-state index in [0.717, 1.165) is 60.8 Å². The molecule has 0 radical (unpaired) electrons. The zero-order valence-electron chi connectivity index (χ0n) is 19.7. The van der Waals surface area contributed by atoms with E-state index in [1.54, 1.807) is 0 Å². The predicted molar refractivity (Wildman–Crippen MR) is 146 cm³/mol. The molecule has 170 valence electrons. The summed E-state index contributed by atoms with van der Waals surface area (Å²) in [6.07, 6.45) is 3.65. The number of imidazole rings is 2. The zero-order chi connectivity index (χ0) is 24.0. The van der Waals surface area contributed by atoms with E-state index in [1.165, 1.54) is 27.1 Å². The maximum atomic E-state index is 4.79. The third-order valence-corrected chi connectivity index (χ3v) is 7.30. The van der Waals surface area contributed by atoms with Crippen molar-refractivity contribution in [2.45, 2.75) is 13.8 Å². The second-order valence-corrected chi connectivity index (χ2v) is 9.47. The monoisotopic (exact) mass is 464 g/mol. The van der Waals surface area contributed by atoms with Crippen LogP contribution in [-0.2, 0) is 0 Å². The van der Waals surface area contributed by atoms with E-state index in [-0.39, 0.29) is 0 Å². The molecule has 0 aliphatic carbocycles. The Morgan fingerprint density at radius 1 is 0.500 bits per heavy atom. The summed E-state index contributed by atoms with van der Waals surface area (Å²) in [5, 5.41) is 17.4. The van der Waals surface area contributed by atoms with Crippen molar-refractivity contribution in [3.63, 3.8) is 0 Å². The van der Waals surface area contributed by atoms with E-state index < -0.39 is 0 Å². The Kier molecular flexibility index (Phi) is 3.71. The van der Waals surface area contributed by atoms with Gasteiger partial charge >= 0.3 is 0 Å². The maximum Gasteiger partial charge on any atom is 0.104 e. The topological polar surface area (TPSA) is 83.1 Å². The number of aromatic amines is 2. The van der Waals surface area contributed by atoms with Crippen molar-refractivity contribution in [2.24, 2.45) is 0 Å². The fourth-order valence-corrected chi connectivity index (χ4v) is 5.74. The molecule has 0 spiro atoms. The molecule has 0 aliphatic heterocycles. The summed E-state index contributed by atoms with van der Waals surface area (Å²) in [5.74, 6) is 1.82. The van der Waals surface area contributed by atoms with Gasteiger partial charge in [-0.2, -0.15) is 10.2 Å². The summed E-state index contributed by atoms with van der Waals surface area (Å²) in [4.78, 5) is 16.4. The fourth-order valence-electron chi connectivity index (χ4n) is 5.74. The predicted octanol–water partition coefficient (Wildman–Crippen LogP) is 7.13. The maximum absolute atomic E-state index is 4.79. The molecule has 8 rings (SSSR count). The number of aromatic nitrogens is 6. The lowest BCUT2D eigenvalue weighted by molar-refractivity contribution is 1.05. The van der Waals surface area contributed by atoms with Gasteiger partial charge in [0.1, 0.15) is 11.6 Å². The van der Waals surface area contributed by atoms with Gasteiger partial charge in [0.25, 0.3) is 0 Å². The number of nitrogens with one attached hydrogen (secondary N) is 2. The number of aryl methyl sites for hydroxylation is 2. The van der Waals surface area contributed by atoms with E-state index in [9.17, 15) is 0 Å². The van der Waals surface area contributed by atoms with Crippen LogP contribution in [0.4, 0.5) is 0 Å². The Balaban J connectivity index is 1.45. The number of hydrogen-bond donors (Lipinski definition) is 2. The molecule has 6 nitrogen and oxygen atoms in total. The van der Waals surface area contributed by atoms with Gasteiger partial charge in [-0.3, -0.25) is 0 Å². The number of nitrogens with zero attached hydrogens (tertiary/aromatic N) is 4. The molecule has 0 saturated heterocycles. The molecule has 0 fully saturated rings. The highest BCUT2D eigenvalue weighted by atomic mass is 15.1. The van der Waals surface area contributed by atoms with E-state index in [2.05, 4.69) is 80.8 Å². The van der Waals surface area contributed by atoms with Gasteiger partial charge < -0.3 is 9.97 Å². The molecule has 6 heteroatoms. The minimum absolute atomic E-state index is 0.890. The second kappa shape index (κ2) is 6.86. The molecule has 0 bridgehead atoms.